The third-order valence-electron chi connectivity index (χ3n) is 6.37. The van der Waals surface area contributed by atoms with Crippen LogP contribution in [0.25, 0.3) is 0 Å². The van der Waals surface area contributed by atoms with Crippen LogP contribution in [0.15, 0.2) is 54.3 Å². The van der Waals surface area contributed by atoms with Gasteiger partial charge in [0.05, 0.1) is 33.5 Å². The topological polar surface area (TPSA) is 91.6 Å². The maximum atomic E-state index is 13.6. The molecule has 1 aromatic carbocycles. The number of thiazole rings is 1. The molecule has 184 valence electrons. The lowest BCUT2D eigenvalue weighted by molar-refractivity contribution is -0.129. The number of Topliss-reactive ketones (excluding diaryl/α,β-unsaturated/α-hetero) is 1. The summed E-state index contributed by atoms with van der Waals surface area (Å²) in [5, 5.41) is 11.7. The minimum atomic E-state index is -0.662. The molecule has 3 aromatic rings. The van der Waals surface area contributed by atoms with Crippen molar-refractivity contribution in [3.05, 3.63) is 75.5 Å². The second-order valence-corrected chi connectivity index (χ2v) is 9.76. The number of ketones is 1. The highest BCUT2D eigenvalue weighted by Crippen LogP contribution is 2.40. The number of nitrogens with zero attached hydrogens (tertiary/aromatic N) is 5. The first kappa shape index (κ1) is 24.7. The van der Waals surface area contributed by atoms with E-state index in [0.29, 0.717) is 30.1 Å². The molecule has 1 aliphatic rings. The molecule has 9 heteroatoms. The van der Waals surface area contributed by atoms with E-state index in [4.69, 9.17) is 0 Å². The first-order valence-corrected chi connectivity index (χ1v) is 12.7. The molecule has 1 unspecified atom stereocenters. The van der Waals surface area contributed by atoms with Gasteiger partial charge in [0.2, 0.25) is 5.78 Å². The van der Waals surface area contributed by atoms with Gasteiger partial charge in [0, 0.05) is 44.3 Å². The van der Waals surface area contributed by atoms with Crippen molar-refractivity contribution >= 4 is 28.7 Å². The van der Waals surface area contributed by atoms with Gasteiger partial charge in [-0.15, -0.1) is 11.3 Å². The summed E-state index contributed by atoms with van der Waals surface area (Å²) >= 11 is 1.29. The molecular weight excluding hydrogens is 462 g/mol. The Labute approximate surface area is 209 Å². The molecule has 1 amide bonds. The summed E-state index contributed by atoms with van der Waals surface area (Å²) in [4.78, 5) is 39.6. The van der Waals surface area contributed by atoms with Crippen LogP contribution in [0.3, 0.4) is 0 Å². The van der Waals surface area contributed by atoms with Crippen molar-refractivity contribution in [1.82, 2.24) is 19.4 Å². The lowest BCUT2D eigenvalue weighted by atomic mass is 9.94. The highest BCUT2D eigenvalue weighted by molar-refractivity contribution is 7.14. The molecular formula is C26H31N5O3S. The number of aryl methyl sites for hydroxylation is 3. The van der Waals surface area contributed by atoms with Gasteiger partial charge in [0.15, 0.2) is 5.76 Å². The zero-order valence-corrected chi connectivity index (χ0v) is 21.4. The molecule has 0 saturated carbocycles. The highest BCUT2D eigenvalue weighted by atomic mass is 32.1. The van der Waals surface area contributed by atoms with Crippen LogP contribution in [0.5, 0.6) is 0 Å². The number of rotatable bonds is 10. The highest BCUT2D eigenvalue weighted by Gasteiger charge is 2.44. The largest absolute Gasteiger partial charge is 0.503 e. The SMILES string of the molecule is CCN(CC)c1ccc(C2C(C(=O)c3sc(C)nc3C)=C(O)C(=O)N2CCCn2ccnc2)cc1. The van der Waals surface area contributed by atoms with Gasteiger partial charge in [-0.05, 0) is 51.8 Å². The number of hydrogen-bond donors (Lipinski definition) is 1. The summed E-state index contributed by atoms with van der Waals surface area (Å²) < 4.78 is 1.94. The number of amides is 1. The van der Waals surface area contributed by atoms with Gasteiger partial charge < -0.3 is 19.5 Å². The molecule has 4 rings (SSSR count). The Kier molecular flexibility index (Phi) is 7.35. The normalized spacial score (nSPS) is 15.8. The van der Waals surface area contributed by atoms with Crippen LogP contribution in [0.1, 0.15) is 52.2 Å². The Balaban J connectivity index is 1.69. The van der Waals surface area contributed by atoms with Gasteiger partial charge in [0.1, 0.15) is 0 Å². The molecule has 0 aliphatic carbocycles. The van der Waals surface area contributed by atoms with Crippen molar-refractivity contribution in [2.45, 2.75) is 46.7 Å². The van der Waals surface area contributed by atoms with Gasteiger partial charge in [-0.1, -0.05) is 12.1 Å². The summed E-state index contributed by atoms with van der Waals surface area (Å²) in [6.07, 6.45) is 5.97. The molecule has 8 nitrogen and oxygen atoms in total. The average Bonchev–Trinajstić information content (AvgIpc) is 3.55. The lowest BCUT2D eigenvalue weighted by Crippen LogP contribution is -2.32. The van der Waals surface area contributed by atoms with Gasteiger partial charge in [-0.25, -0.2) is 9.97 Å². The second kappa shape index (κ2) is 10.4. The third-order valence-corrected chi connectivity index (χ3v) is 7.44. The Hall–Kier alpha value is -3.46. The van der Waals surface area contributed by atoms with E-state index in [-0.39, 0.29) is 11.4 Å². The van der Waals surface area contributed by atoms with E-state index >= 15 is 0 Å². The molecule has 0 fully saturated rings. The maximum absolute atomic E-state index is 13.6. The van der Waals surface area contributed by atoms with Crippen LogP contribution < -0.4 is 4.90 Å². The summed E-state index contributed by atoms with van der Waals surface area (Å²) in [5.41, 5.74) is 2.60. The predicted molar refractivity (Wildman–Crippen MR) is 137 cm³/mol. The number of aromatic nitrogens is 3. The Morgan fingerprint density at radius 3 is 2.43 bits per heavy atom. The quantitative estimate of drug-likeness (QED) is 0.419. The van der Waals surface area contributed by atoms with Gasteiger partial charge >= 0.3 is 0 Å². The average molecular weight is 494 g/mol. The van der Waals surface area contributed by atoms with Crippen molar-refractivity contribution in [2.75, 3.05) is 24.5 Å². The lowest BCUT2D eigenvalue weighted by Gasteiger charge is -2.28. The van der Waals surface area contributed by atoms with Crippen LogP contribution >= 0.6 is 11.3 Å². The van der Waals surface area contributed by atoms with Crippen molar-refractivity contribution in [3.63, 3.8) is 0 Å². The number of aliphatic hydroxyl groups is 1. The van der Waals surface area contributed by atoms with E-state index in [2.05, 4.69) is 28.7 Å². The van der Waals surface area contributed by atoms with E-state index in [0.717, 1.165) is 29.3 Å². The minimum absolute atomic E-state index is 0.125. The molecule has 2 aromatic heterocycles. The summed E-state index contributed by atoms with van der Waals surface area (Å²) in [6, 6.07) is 7.26. The fraction of sp³-hybridized carbons (Fsp3) is 0.385. The van der Waals surface area contributed by atoms with E-state index in [1.54, 1.807) is 24.3 Å². The summed E-state index contributed by atoms with van der Waals surface area (Å²) in [6.45, 7) is 10.7. The van der Waals surface area contributed by atoms with Crippen LogP contribution in [0, 0.1) is 13.8 Å². The summed E-state index contributed by atoms with van der Waals surface area (Å²) in [7, 11) is 0. The van der Waals surface area contributed by atoms with Crippen molar-refractivity contribution in [3.8, 4) is 0 Å². The summed E-state index contributed by atoms with van der Waals surface area (Å²) in [5.74, 6) is -1.33. The smallest absolute Gasteiger partial charge is 0.290 e. The Morgan fingerprint density at radius 2 is 1.86 bits per heavy atom. The fourth-order valence-electron chi connectivity index (χ4n) is 4.63. The van der Waals surface area contributed by atoms with Crippen molar-refractivity contribution in [2.24, 2.45) is 0 Å². The van der Waals surface area contributed by atoms with E-state index in [9.17, 15) is 14.7 Å². The molecule has 1 atom stereocenters. The number of imidazole rings is 1. The zero-order chi connectivity index (χ0) is 25.1. The monoisotopic (exact) mass is 493 g/mol. The van der Waals surface area contributed by atoms with Crippen LogP contribution in [0.4, 0.5) is 5.69 Å². The molecule has 1 aliphatic heterocycles. The number of carbonyl (C=O) groups excluding carboxylic acids is 2. The van der Waals surface area contributed by atoms with E-state index < -0.39 is 17.7 Å². The molecule has 1 N–H and O–H groups in total. The van der Waals surface area contributed by atoms with Crippen molar-refractivity contribution < 1.29 is 14.7 Å². The standard InChI is InChI=1S/C26H31N5O3S/c1-5-30(6-2)20-10-8-19(9-11-20)22-21(23(32)25-17(3)28-18(4)35-25)24(33)26(34)31(22)14-7-13-29-15-12-27-16-29/h8-12,15-16,22,33H,5-7,13-14H2,1-4H3. The molecule has 0 saturated heterocycles. The second-order valence-electron chi connectivity index (χ2n) is 8.56. The van der Waals surface area contributed by atoms with E-state index in [1.165, 1.54) is 11.3 Å². The molecule has 3 heterocycles. The van der Waals surface area contributed by atoms with Crippen LogP contribution in [-0.2, 0) is 11.3 Å². The van der Waals surface area contributed by atoms with Crippen molar-refractivity contribution in [1.29, 1.82) is 0 Å². The fourth-order valence-corrected chi connectivity index (χ4v) is 5.50. The third kappa shape index (κ3) is 4.86. The minimum Gasteiger partial charge on any atom is -0.503 e. The molecule has 0 bridgehead atoms. The maximum Gasteiger partial charge on any atom is 0.290 e. The number of carbonyl (C=O) groups is 2. The van der Waals surface area contributed by atoms with Gasteiger partial charge in [-0.2, -0.15) is 0 Å². The zero-order valence-electron chi connectivity index (χ0n) is 20.6. The van der Waals surface area contributed by atoms with Crippen LogP contribution in [-0.4, -0.2) is 55.9 Å². The van der Waals surface area contributed by atoms with Gasteiger partial charge in [0.25, 0.3) is 5.91 Å². The first-order valence-electron chi connectivity index (χ1n) is 11.9. The Bertz CT molecular complexity index is 1230. The number of benzene rings is 1. The molecule has 35 heavy (non-hydrogen) atoms. The number of hydrogen-bond acceptors (Lipinski definition) is 7. The molecule has 0 spiro atoms. The van der Waals surface area contributed by atoms with Crippen LogP contribution in [0.2, 0.25) is 0 Å². The number of aliphatic hydroxyl groups excluding tert-OH is 1. The molecule has 0 radical (unpaired) electrons. The first-order chi connectivity index (χ1) is 16.8. The predicted octanol–water partition coefficient (Wildman–Crippen LogP) is 4.47. The number of anilines is 1. The van der Waals surface area contributed by atoms with Gasteiger partial charge in [-0.3, -0.25) is 9.59 Å². The van der Waals surface area contributed by atoms with E-state index in [1.807, 2.05) is 42.0 Å². The Morgan fingerprint density at radius 1 is 1.14 bits per heavy atom.